The third-order valence-electron chi connectivity index (χ3n) is 1.16. The molecule has 0 aliphatic rings. The van der Waals surface area contributed by atoms with Gasteiger partial charge in [0.05, 0.1) is 7.11 Å². The van der Waals surface area contributed by atoms with Crippen molar-refractivity contribution in [3.63, 3.8) is 0 Å². The fourth-order valence-electron chi connectivity index (χ4n) is 0.615. The molecule has 1 aromatic rings. The van der Waals surface area contributed by atoms with Crippen LogP contribution in [0.2, 0.25) is 0 Å². The summed E-state index contributed by atoms with van der Waals surface area (Å²) in [5, 5.41) is 0. The Morgan fingerprint density at radius 2 is 2.22 bits per heavy atom. The van der Waals surface area contributed by atoms with Crippen LogP contribution in [0, 0.1) is 13.0 Å². The second-order valence-electron chi connectivity index (χ2n) is 1.93. The van der Waals surface area contributed by atoms with E-state index in [1.807, 2.05) is 25.1 Å². The maximum atomic E-state index is 4.91. The minimum Gasteiger partial charge on any atom is -0.496 e. The van der Waals surface area contributed by atoms with Crippen molar-refractivity contribution in [3.05, 3.63) is 29.8 Å². The van der Waals surface area contributed by atoms with Gasteiger partial charge in [-0.05, 0) is 19.1 Å². The quantitative estimate of drug-likeness (QED) is 0.550. The standard InChI is InChI=1S/C8H9O/c1-7-3-5-8(9-2)6-4-7/h3-5H,1-2H3. The van der Waals surface area contributed by atoms with E-state index in [1.165, 1.54) is 5.56 Å². The molecule has 1 radical (unpaired) electrons. The summed E-state index contributed by atoms with van der Waals surface area (Å²) < 4.78 is 4.91. The highest BCUT2D eigenvalue weighted by Crippen LogP contribution is 2.08. The van der Waals surface area contributed by atoms with Gasteiger partial charge in [-0.2, -0.15) is 0 Å². The molecule has 1 heteroatoms. The Bertz CT molecular complexity index is 176. The van der Waals surface area contributed by atoms with Crippen molar-refractivity contribution in [1.29, 1.82) is 0 Å². The van der Waals surface area contributed by atoms with Gasteiger partial charge in [-0.1, -0.05) is 11.6 Å². The fourth-order valence-corrected chi connectivity index (χ4v) is 0.615. The van der Waals surface area contributed by atoms with Gasteiger partial charge in [0.15, 0.2) is 0 Å². The first-order valence-corrected chi connectivity index (χ1v) is 2.85. The molecule has 0 aliphatic carbocycles. The van der Waals surface area contributed by atoms with Crippen LogP contribution in [-0.4, -0.2) is 7.11 Å². The van der Waals surface area contributed by atoms with Crippen LogP contribution in [0.1, 0.15) is 5.56 Å². The summed E-state index contributed by atoms with van der Waals surface area (Å²) in [5.41, 5.74) is 1.20. The summed E-state index contributed by atoms with van der Waals surface area (Å²) in [4.78, 5) is 0. The summed E-state index contributed by atoms with van der Waals surface area (Å²) in [6.07, 6.45) is 0. The van der Waals surface area contributed by atoms with Gasteiger partial charge >= 0.3 is 0 Å². The molecule has 0 unspecified atom stereocenters. The zero-order valence-corrected chi connectivity index (χ0v) is 5.64. The first-order valence-electron chi connectivity index (χ1n) is 2.85. The summed E-state index contributed by atoms with van der Waals surface area (Å²) in [6, 6.07) is 8.76. The average Bonchev–Trinajstić information content (AvgIpc) is 1.90. The van der Waals surface area contributed by atoms with E-state index in [9.17, 15) is 0 Å². The molecule has 0 saturated heterocycles. The third kappa shape index (κ3) is 1.46. The molecule has 47 valence electrons. The molecule has 0 N–H and O–H groups in total. The molecule has 0 bridgehead atoms. The van der Waals surface area contributed by atoms with Gasteiger partial charge in [0, 0.05) is 6.07 Å². The average molecular weight is 121 g/mol. The molecule has 1 aromatic carbocycles. The highest BCUT2D eigenvalue weighted by atomic mass is 16.5. The van der Waals surface area contributed by atoms with E-state index >= 15 is 0 Å². The van der Waals surface area contributed by atoms with Crippen molar-refractivity contribution in [2.75, 3.05) is 7.11 Å². The Labute approximate surface area is 55.3 Å². The number of hydrogen-bond donors (Lipinski definition) is 0. The normalized spacial score (nSPS) is 9.11. The van der Waals surface area contributed by atoms with Gasteiger partial charge in [0.1, 0.15) is 5.75 Å². The molecule has 9 heavy (non-hydrogen) atoms. The SMILES string of the molecule is COc1[c]cc(C)cc1. The molecule has 1 rings (SSSR count). The Morgan fingerprint density at radius 1 is 1.44 bits per heavy atom. The Balaban J connectivity index is 2.88. The van der Waals surface area contributed by atoms with Crippen LogP contribution in [0.25, 0.3) is 0 Å². The van der Waals surface area contributed by atoms with Crippen molar-refractivity contribution in [3.8, 4) is 5.75 Å². The van der Waals surface area contributed by atoms with Crippen LogP contribution >= 0.6 is 0 Å². The lowest BCUT2D eigenvalue weighted by Crippen LogP contribution is -1.81. The van der Waals surface area contributed by atoms with E-state index in [1.54, 1.807) is 7.11 Å². The number of hydrogen-bond acceptors (Lipinski definition) is 1. The topological polar surface area (TPSA) is 9.23 Å². The van der Waals surface area contributed by atoms with Crippen LogP contribution in [0.4, 0.5) is 0 Å². The van der Waals surface area contributed by atoms with Gasteiger partial charge in [-0.15, -0.1) is 0 Å². The number of benzene rings is 1. The zero-order chi connectivity index (χ0) is 6.69. The first-order chi connectivity index (χ1) is 4.33. The van der Waals surface area contributed by atoms with Crippen molar-refractivity contribution in [2.24, 2.45) is 0 Å². The van der Waals surface area contributed by atoms with Gasteiger partial charge in [-0.3, -0.25) is 0 Å². The first kappa shape index (κ1) is 6.14. The predicted octanol–water partition coefficient (Wildman–Crippen LogP) is 1.80. The third-order valence-corrected chi connectivity index (χ3v) is 1.16. The highest BCUT2D eigenvalue weighted by Gasteiger charge is 1.86. The fraction of sp³-hybridized carbons (Fsp3) is 0.250. The van der Waals surface area contributed by atoms with Crippen LogP contribution in [0.15, 0.2) is 18.2 Å². The lowest BCUT2D eigenvalue weighted by Gasteiger charge is -1.96. The molecular formula is C8H9O. The molecule has 0 heterocycles. The summed E-state index contributed by atoms with van der Waals surface area (Å²) in [6.45, 7) is 2.02. The zero-order valence-electron chi connectivity index (χ0n) is 5.64. The maximum Gasteiger partial charge on any atom is 0.126 e. The molecule has 1 nitrogen and oxygen atoms in total. The van der Waals surface area contributed by atoms with E-state index in [0.29, 0.717) is 0 Å². The molecule has 0 aliphatic heterocycles. The van der Waals surface area contributed by atoms with Crippen LogP contribution in [0.3, 0.4) is 0 Å². The van der Waals surface area contributed by atoms with Crippen LogP contribution in [0.5, 0.6) is 5.75 Å². The number of aryl methyl sites for hydroxylation is 1. The van der Waals surface area contributed by atoms with E-state index in [0.717, 1.165) is 5.75 Å². The van der Waals surface area contributed by atoms with Gasteiger partial charge in [0.2, 0.25) is 0 Å². The van der Waals surface area contributed by atoms with E-state index in [4.69, 9.17) is 4.74 Å². The molecule has 0 amide bonds. The maximum absolute atomic E-state index is 4.91. The monoisotopic (exact) mass is 121 g/mol. The van der Waals surface area contributed by atoms with Crippen molar-refractivity contribution < 1.29 is 4.74 Å². The molecular weight excluding hydrogens is 112 g/mol. The number of ether oxygens (including phenoxy) is 1. The largest absolute Gasteiger partial charge is 0.496 e. The molecule has 0 fully saturated rings. The van der Waals surface area contributed by atoms with Gasteiger partial charge in [0.25, 0.3) is 0 Å². The van der Waals surface area contributed by atoms with E-state index < -0.39 is 0 Å². The van der Waals surface area contributed by atoms with Crippen molar-refractivity contribution in [1.82, 2.24) is 0 Å². The molecule has 0 spiro atoms. The number of methoxy groups -OCH3 is 1. The van der Waals surface area contributed by atoms with Crippen molar-refractivity contribution >= 4 is 0 Å². The van der Waals surface area contributed by atoms with Gasteiger partial charge < -0.3 is 4.74 Å². The molecule has 0 atom stereocenters. The number of rotatable bonds is 1. The highest BCUT2D eigenvalue weighted by molar-refractivity contribution is 5.24. The summed E-state index contributed by atoms with van der Waals surface area (Å²) in [7, 11) is 1.64. The minimum atomic E-state index is 0.792. The van der Waals surface area contributed by atoms with Crippen LogP contribution < -0.4 is 4.74 Å². The summed E-state index contributed by atoms with van der Waals surface area (Å²) in [5.74, 6) is 0.792. The molecule has 0 saturated carbocycles. The molecule has 0 aromatic heterocycles. The minimum absolute atomic E-state index is 0.792. The Hall–Kier alpha value is -0.980. The second-order valence-corrected chi connectivity index (χ2v) is 1.93. The predicted molar refractivity (Wildman–Crippen MR) is 36.6 cm³/mol. The second kappa shape index (κ2) is 2.53. The van der Waals surface area contributed by atoms with E-state index in [-0.39, 0.29) is 0 Å². The Kier molecular flexibility index (Phi) is 1.73. The van der Waals surface area contributed by atoms with Gasteiger partial charge in [-0.25, -0.2) is 0 Å². The van der Waals surface area contributed by atoms with Crippen molar-refractivity contribution in [2.45, 2.75) is 6.92 Å². The van der Waals surface area contributed by atoms with Crippen LogP contribution in [-0.2, 0) is 0 Å². The van der Waals surface area contributed by atoms with E-state index in [2.05, 4.69) is 6.07 Å². The lowest BCUT2D eigenvalue weighted by atomic mass is 10.2. The smallest absolute Gasteiger partial charge is 0.126 e. The Morgan fingerprint density at radius 3 is 2.67 bits per heavy atom. The lowest BCUT2D eigenvalue weighted by molar-refractivity contribution is 0.414. The summed E-state index contributed by atoms with van der Waals surface area (Å²) >= 11 is 0.